The summed E-state index contributed by atoms with van der Waals surface area (Å²) in [7, 11) is 1.70. The van der Waals surface area contributed by atoms with Gasteiger partial charge in [-0.05, 0) is 31.1 Å². The minimum absolute atomic E-state index is 0.546. The van der Waals surface area contributed by atoms with Crippen LogP contribution in [-0.4, -0.2) is 13.2 Å². The van der Waals surface area contributed by atoms with Gasteiger partial charge in [0.1, 0.15) is 0 Å². The van der Waals surface area contributed by atoms with E-state index in [-0.39, 0.29) is 0 Å². The van der Waals surface area contributed by atoms with E-state index in [1.807, 2.05) is 0 Å². The number of nitrogens with one attached hydrogen (secondary N) is 1. The Balaban J connectivity index is 2.34. The lowest BCUT2D eigenvalue weighted by atomic mass is 9.85. The van der Waals surface area contributed by atoms with Crippen LogP contribution in [0.15, 0.2) is 0 Å². The second-order valence-electron chi connectivity index (χ2n) is 4.61. The zero-order valence-corrected chi connectivity index (χ0v) is 8.52. The van der Waals surface area contributed by atoms with Gasteiger partial charge in [-0.25, -0.2) is 0 Å². The first-order chi connectivity index (χ1) is 5.64. The molecule has 12 heavy (non-hydrogen) atoms. The molecule has 2 nitrogen and oxygen atoms in total. The van der Waals surface area contributed by atoms with Crippen molar-refractivity contribution < 1.29 is 4.84 Å². The van der Waals surface area contributed by atoms with E-state index in [1.165, 1.54) is 32.1 Å². The van der Waals surface area contributed by atoms with E-state index in [9.17, 15) is 0 Å². The lowest BCUT2D eigenvalue weighted by molar-refractivity contribution is 0.0552. The molecule has 72 valence electrons. The van der Waals surface area contributed by atoms with Crippen LogP contribution in [0.1, 0.15) is 46.0 Å². The van der Waals surface area contributed by atoms with Gasteiger partial charge in [-0.1, -0.05) is 20.3 Å². The summed E-state index contributed by atoms with van der Waals surface area (Å²) in [6, 6.07) is 0.580. The zero-order chi connectivity index (χ0) is 9.03. The van der Waals surface area contributed by atoms with E-state index in [2.05, 4.69) is 19.3 Å². The molecule has 1 fully saturated rings. The molecule has 0 saturated heterocycles. The molecule has 1 saturated carbocycles. The molecule has 0 amide bonds. The van der Waals surface area contributed by atoms with Crippen LogP contribution in [0, 0.1) is 5.41 Å². The fourth-order valence-electron chi connectivity index (χ4n) is 1.95. The van der Waals surface area contributed by atoms with Crippen LogP contribution >= 0.6 is 0 Å². The van der Waals surface area contributed by atoms with Gasteiger partial charge in [0.15, 0.2) is 0 Å². The smallest absolute Gasteiger partial charge is 0.0572 e. The predicted molar refractivity (Wildman–Crippen MR) is 50.8 cm³/mol. The van der Waals surface area contributed by atoms with Crippen molar-refractivity contribution >= 4 is 0 Å². The van der Waals surface area contributed by atoms with Crippen LogP contribution in [0.25, 0.3) is 0 Å². The molecule has 2 heteroatoms. The van der Waals surface area contributed by atoms with Crippen LogP contribution in [0.5, 0.6) is 0 Å². The fourth-order valence-corrected chi connectivity index (χ4v) is 1.95. The van der Waals surface area contributed by atoms with Gasteiger partial charge in [0.2, 0.25) is 0 Å². The van der Waals surface area contributed by atoms with Gasteiger partial charge in [0.25, 0.3) is 0 Å². The molecule has 0 aromatic heterocycles. The minimum Gasteiger partial charge on any atom is -0.305 e. The molecule has 0 aromatic carbocycles. The Morgan fingerprint density at radius 3 is 2.67 bits per heavy atom. The summed E-state index contributed by atoms with van der Waals surface area (Å²) in [5.41, 5.74) is 3.61. The maximum absolute atomic E-state index is 4.96. The van der Waals surface area contributed by atoms with Crippen molar-refractivity contribution in [3.05, 3.63) is 0 Å². The van der Waals surface area contributed by atoms with Crippen LogP contribution in [-0.2, 0) is 4.84 Å². The summed E-state index contributed by atoms with van der Waals surface area (Å²) in [4.78, 5) is 4.96. The van der Waals surface area contributed by atoms with Crippen LogP contribution < -0.4 is 5.48 Å². The molecule has 0 bridgehead atoms. The van der Waals surface area contributed by atoms with E-state index in [0.29, 0.717) is 11.5 Å². The Morgan fingerprint density at radius 1 is 1.25 bits per heavy atom. The van der Waals surface area contributed by atoms with Gasteiger partial charge in [-0.3, -0.25) is 0 Å². The van der Waals surface area contributed by atoms with Crippen LogP contribution in [0.4, 0.5) is 0 Å². The molecule has 0 heterocycles. The van der Waals surface area contributed by atoms with Crippen molar-refractivity contribution in [2.45, 2.75) is 52.0 Å². The normalized spacial score (nSPS) is 29.8. The molecule has 0 radical (unpaired) electrons. The molecule has 1 aliphatic carbocycles. The third-order valence-electron chi connectivity index (χ3n) is 2.86. The largest absolute Gasteiger partial charge is 0.305 e. The molecule has 1 N–H and O–H groups in total. The van der Waals surface area contributed by atoms with Gasteiger partial charge in [0, 0.05) is 6.04 Å². The Morgan fingerprint density at radius 2 is 2.00 bits per heavy atom. The zero-order valence-electron chi connectivity index (χ0n) is 8.52. The minimum atomic E-state index is 0.546. The quantitative estimate of drug-likeness (QED) is 0.509. The van der Waals surface area contributed by atoms with Crippen molar-refractivity contribution in [2.24, 2.45) is 5.41 Å². The van der Waals surface area contributed by atoms with E-state index < -0.39 is 0 Å². The highest BCUT2D eigenvalue weighted by atomic mass is 16.6. The number of rotatable bonds is 2. The second kappa shape index (κ2) is 4.24. The third-order valence-corrected chi connectivity index (χ3v) is 2.86. The topological polar surface area (TPSA) is 21.3 Å². The highest BCUT2D eigenvalue weighted by Gasteiger charge is 2.23. The monoisotopic (exact) mass is 171 g/mol. The summed E-state index contributed by atoms with van der Waals surface area (Å²) in [5.74, 6) is 0. The molecular weight excluding hydrogens is 150 g/mol. The van der Waals surface area contributed by atoms with Crippen molar-refractivity contribution in [3.8, 4) is 0 Å². The number of hydrogen-bond acceptors (Lipinski definition) is 2. The van der Waals surface area contributed by atoms with Crippen molar-refractivity contribution in [1.29, 1.82) is 0 Å². The molecule has 1 aliphatic rings. The third kappa shape index (κ3) is 3.11. The van der Waals surface area contributed by atoms with Crippen LogP contribution in [0.3, 0.4) is 0 Å². The van der Waals surface area contributed by atoms with Gasteiger partial charge in [0.05, 0.1) is 7.11 Å². The molecule has 0 aliphatic heterocycles. The van der Waals surface area contributed by atoms with E-state index in [4.69, 9.17) is 4.84 Å². The van der Waals surface area contributed by atoms with E-state index in [1.54, 1.807) is 7.11 Å². The first-order valence-corrected chi connectivity index (χ1v) is 4.92. The van der Waals surface area contributed by atoms with Gasteiger partial charge >= 0.3 is 0 Å². The Hall–Kier alpha value is -0.0800. The summed E-state index contributed by atoms with van der Waals surface area (Å²) < 4.78 is 0. The average molecular weight is 171 g/mol. The molecule has 1 atom stereocenters. The number of hydrogen-bond donors (Lipinski definition) is 1. The summed E-state index contributed by atoms with van der Waals surface area (Å²) in [6.07, 6.45) is 6.51. The van der Waals surface area contributed by atoms with Crippen LogP contribution in [0.2, 0.25) is 0 Å². The van der Waals surface area contributed by atoms with Crippen molar-refractivity contribution in [1.82, 2.24) is 5.48 Å². The predicted octanol–water partition coefficient (Wildman–Crippen LogP) is 2.50. The van der Waals surface area contributed by atoms with Gasteiger partial charge in [-0.15, -0.1) is 0 Å². The first kappa shape index (κ1) is 10.0. The maximum Gasteiger partial charge on any atom is 0.0572 e. The standard InChI is InChI=1S/C10H21NO/c1-10(2)7-4-5-9(6-8-10)11-12-3/h9,11H,4-8H2,1-3H3. The Kier molecular flexibility index (Phi) is 3.53. The maximum atomic E-state index is 4.96. The molecule has 1 unspecified atom stereocenters. The number of hydroxylamine groups is 1. The van der Waals surface area contributed by atoms with Gasteiger partial charge in [-0.2, -0.15) is 5.48 Å². The first-order valence-electron chi connectivity index (χ1n) is 4.92. The Labute approximate surface area is 75.6 Å². The summed E-state index contributed by atoms with van der Waals surface area (Å²) in [5, 5.41) is 0. The fraction of sp³-hybridized carbons (Fsp3) is 1.00. The molecular formula is C10H21NO. The van der Waals surface area contributed by atoms with Gasteiger partial charge < -0.3 is 4.84 Å². The SMILES string of the molecule is CONC1CCCC(C)(C)CC1. The lowest BCUT2D eigenvalue weighted by Crippen LogP contribution is -2.27. The molecule has 1 rings (SSSR count). The molecule has 0 aromatic rings. The average Bonchev–Trinajstić information content (AvgIpc) is 2.14. The summed E-state index contributed by atoms with van der Waals surface area (Å²) >= 11 is 0. The Bertz CT molecular complexity index is 134. The summed E-state index contributed by atoms with van der Waals surface area (Å²) in [6.45, 7) is 4.73. The lowest BCUT2D eigenvalue weighted by Gasteiger charge is -2.21. The van der Waals surface area contributed by atoms with E-state index >= 15 is 0 Å². The highest BCUT2D eigenvalue weighted by Crippen LogP contribution is 2.33. The molecule has 0 spiro atoms. The van der Waals surface area contributed by atoms with Crippen molar-refractivity contribution in [3.63, 3.8) is 0 Å². The van der Waals surface area contributed by atoms with Crippen molar-refractivity contribution in [2.75, 3.05) is 7.11 Å². The highest BCUT2D eigenvalue weighted by molar-refractivity contribution is 4.77. The second-order valence-corrected chi connectivity index (χ2v) is 4.61. The van der Waals surface area contributed by atoms with E-state index in [0.717, 1.165) is 0 Å².